The van der Waals surface area contributed by atoms with Crippen molar-refractivity contribution in [3.63, 3.8) is 0 Å². The van der Waals surface area contributed by atoms with Crippen LogP contribution in [0.15, 0.2) is 35.2 Å². The number of amides is 6. The Bertz CT molecular complexity index is 1520. The Morgan fingerprint density at radius 3 is 2.15 bits per heavy atom. The molecule has 2 saturated carbocycles. The lowest BCUT2D eigenvalue weighted by atomic mass is 9.85. The van der Waals surface area contributed by atoms with E-state index in [0.717, 1.165) is 12.8 Å². The molecular weight excluding hydrogens is 640 g/mol. The molecule has 0 aromatic heterocycles. The number of urea groups is 1. The zero-order chi connectivity index (χ0) is 35.9. The number of aliphatic hydroxyl groups excluding tert-OH is 1. The van der Waals surface area contributed by atoms with Crippen molar-refractivity contribution in [2.45, 2.75) is 103 Å². The lowest BCUT2D eigenvalue weighted by Crippen LogP contribution is -2.63. The highest BCUT2D eigenvalue weighted by molar-refractivity contribution is 7.90. The van der Waals surface area contributed by atoms with E-state index in [-0.39, 0.29) is 34.6 Å². The average molecular weight is 691 g/mol. The van der Waals surface area contributed by atoms with E-state index in [0.29, 0.717) is 6.42 Å². The summed E-state index contributed by atoms with van der Waals surface area (Å²) in [7, 11) is -4.20. The van der Waals surface area contributed by atoms with Crippen molar-refractivity contribution in [3.8, 4) is 0 Å². The smallest absolute Gasteiger partial charge is 0.316 e. The van der Waals surface area contributed by atoms with Crippen LogP contribution in [0.2, 0.25) is 0 Å². The molecular formula is C33H50N6O8S. The van der Waals surface area contributed by atoms with Crippen molar-refractivity contribution in [3.05, 3.63) is 30.3 Å². The van der Waals surface area contributed by atoms with Gasteiger partial charge < -0.3 is 31.7 Å². The molecule has 0 radical (unpaired) electrons. The van der Waals surface area contributed by atoms with Gasteiger partial charge in [-0.05, 0) is 53.1 Å². The van der Waals surface area contributed by atoms with Crippen LogP contribution in [0.25, 0.3) is 0 Å². The highest BCUT2D eigenvalue weighted by Gasteiger charge is 2.70. The Kier molecular flexibility index (Phi) is 10.6. The minimum absolute atomic E-state index is 0.0233. The first kappa shape index (κ1) is 37.1. The molecule has 4 rings (SSSR count). The number of primary amides is 1. The molecule has 14 nitrogen and oxygen atoms in total. The predicted molar refractivity (Wildman–Crippen MR) is 176 cm³/mol. The molecule has 1 heterocycles. The van der Waals surface area contributed by atoms with Crippen molar-refractivity contribution in [1.29, 1.82) is 0 Å². The number of nitrogens with zero attached hydrogens (tertiary/aromatic N) is 1. The number of likely N-dealkylation sites (tertiary alicyclic amines) is 1. The standard InChI is InChI=1S/C33H50N6O8S/c1-17(2)23(28(42)38-48(46,47)19-11-9-8-10-12-19)36-31(45)37-26(32(3,4)5)30(44)39-16-20-22(33(20,6)7)24(39)29(43)35-21(15-18-13-14-18)25(40)27(34)41/h8-12,17-18,20-26,40H,13-16H2,1-7H3,(H2,34,41)(H,35,43)(H,38,42)(H2,36,37,45)/t20-,21?,22-,23-,24-,25?,26+/m0/s1. The number of nitrogens with two attached hydrogens (primary N) is 1. The summed E-state index contributed by atoms with van der Waals surface area (Å²) in [6, 6.07) is 2.27. The molecule has 48 heavy (non-hydrogen) atoms. The highest BCUT2D eigenvalue weighted by atomic mass is 32.2. The van der Waals surface area contributed by atoms with Gasteiger partial charge in [0, 0.05) is 6.54 Å². The molecule has 15 heteroatoms. The lowest BCUT2D eigenvalue weighted by molar-refractivity contribution is -0.144. The third-order valence-corrected chi connectivity index (χ3v) is 11.3. The molecule has 2 unspecified atom stereocenters. The Labute approximate surface area is 282 Å². The molecule has 1 saturated heterocycles. The molecule has 1 aliphatic heterocycles. The zero-order valence-electron chi connectivity index (χ0n) is 28.6. The van der Waals surface area contributed by atoms with Gasteiger partial charge in [0.1, 0.15) is 18.1 Å². The summed E-state index contributed by atoms with van der Waals surface area (Å²) in [5.74, 6) is -3.31. The molecule has 2 aliphatic carbocycles. The van der Waals surface area contributed by atoms with Crippen molar-refractivity contribution in [2.75, 3.05) is 6.54 Å². The third kappa shape index (κ3) is 8.11. The number of sulfonamides is 1. The van der Waals surface area contributed by atoms with E-state index in [1.165, 1.54) is 29.2 Å². The molecule has 3 aliphatic rings. The maximum Gasteiger partial charge on any atom is 0.316 e. The number of carbonyl (C=O) groups excluding carboxylic acids is 5. The van der Waals surface area contributed by atoms with Crippen LogP contribution in [-0.2, 0) is 29.2 Å². The number of carbonyl (C=O) groups is 5. The summed E-state index contributed by atoms with van der Waals surface area (Å²) in [6.45, 7) is 12.8. The topological polar surface area (TPSA) is 217 Å². The molecule has 1 aromatic carbocycles. The van der Waals surface area contributed by atoms with E-state index in [2.05, 4.69) is 16.0 Å². The van der Waals surface area contributed by atoms with Crippen LogP contribution in [0, 0.1) is 34.5 Å². The van der Waals surface area contributed by atoms with Gasteiger partial charge in [0.05, 0.1) is 10.9 Å². The monoisotopic (exact) mass is 690 g/mol. The first-order valence-electron chi connectivity index (χ1n) is 16.4. The third-order valence-electron chi connectivity index (χ3n) is 9.96. The molecule has 0 spiro atoms. The first-order chi connectivity index (χ1) is 22.2. The van der Waals surface area contributed by atoms with Crippen molar-refractivity contribution >= 4 is 39.7 Å². The molecule has 0 bridgehead atoms. The Morgan fingerprint density at radius 2 is 1.62 bits per heavy atom. The number of benzene rings is 1. The number of piperidine rings is 1. The second kappa shape index (κ2) is 13.7. The van der Waals surface area contributed by atoms with Crippen LogP contribution in [0.1, 0.15) is 67.7 Å². The quantitative estimate of drug-likeness (QED) is 0.174. The van der Waals surface area contributed by atoms with Crippen LogP contribution in [0.5, 0.6) is 0 Å². The molecule has 7 N–H and O–H groups in total. The van der Waals surface area contributed by atoms with E-state index in [9.17, 15) is 37.5 Å². The summed E-state index contributed by atoms with van der Waals surface area (Å²) in [5, 5.41) is 18.5. The maximum atomic E-state index is 14.3. The lowest BCUT2D eigenvalue weighted by Gasteiger charge is -2.38. The van der Waals surface area contributed by atoms with E-state index in [1.54, 1.807) is 40.7 Å². The van der Waals surface area contributed by atoms with Crippen LogP contribution >= 0.6 is 0 Å². The molecule has 266 valence electrons. The van der Waals surface area contributed by atoms with Crippen LogP contribution in [0.4, 0.5) is 4.79 Å². The summed E-state index contributed by atoms with van der Waals surface area (Å²) < 4.78 is 27.6. The van der Waals surface area contributed by atoms with E-state index in [4.69, 9.17) is 5.73 Å². The van der Waals surface area contributed by atoms with Gasteiger partial charge >= 0.3 is 6.03 Å². The van der Waals surface area contributed by atoms with Crippen LogP contribution < -0.4 is 26.4 Å². The number of nitrogens with one attached hydrogen (secondary N) is 4. The Balaban J connectivity index is 1.50. The van der Waals surface area contributed by atoms with E-state index in [1.807, 2.05) is 18.6 Å². The maximum absolute atomic E-state index is 14.3. The number of rotatable bonds is 13. The van der Waals surface area contributed by atoms with Gasteiger partial charge in [0.2, 0.25) is 17.7 Å². The summed E-state index contributed by atoms with van der Waals surface area (Å²) >= 11 is 0. The fraction of sp³-hybridized carbons (Fsp3) is 0.667. The highest BCUT2D eigenvalue weighted by Crippen LogP contribution is 2.65. The fourth-order valence-electron chi connectivity index (χ4n) is 6.78. The van der Waals surface area contributed by atoms with Gasteiger partial charge in [-0.15, -0.1) is 0 Å². The van der Waals surface area contributed by atoms with Gasteiger partial charge in [0.25, 0.3) is 15.9 Å². The van der Waals surface area contributed by atoms with Gasteiger partial charge in [-0.25, -0.2) is 17.9 Å². The Hall–Kier alpha value is -3.72. The van der Waals surface area contributed by atoms with Crippen LogP contribution in [-0.4, -0.2) is 84.9 Å². The fourth-order valence-corrected chi connectivity index (χ4v) is 7.80. The summed E-state index contributed by atoms with van der Waals surface area (Å²) in [5.41, 5.74) is 4.30. The van der Waals surface area contributed by atoms with Crippen molar-refractivity contribution < 1.29 is 37.5 Å². The van der Waals surface area contributed by atoms with Gasteiger partial charge in [-0.1, -0.05) is 79.5 Å². The molecule has 6 amide bonds. The summed E-state index contributed by atoms with van der Waals surface area (Å²) in [6.07, 6.45) is 0.654. The minimum Gasteiger partial charge on any atom is -0.381 e. The first-order valence-corrected chi connectivity index (χ1v) is 17.9. The molecule has 1 aromatic rings. The molecule has 7 atom stereocenters. The zero-order valence-corrected chi connectivity index (χ0v) is 29.5. The Morgan fingerprint density at radius 1 is 1.02 bits per heavy atom. The largest absolute Gasteiger partial charge is 0.381 e. The van der Waals surface area contributed by atoms with Crippen molar-refractivity contribution in [1.82, 2.24) is 25.6 Å². The predicted octanol–water partition coefficient (Wildman–Crippen LogP) is 0.844. The number of fused-ring (bicyclic) bond motifs is 1. The van der Waals surface area contributed by atoms with E-state index >= 15 is 0 Å². The van der Waals surface area contributed by atoms with Crippen molar-refractivity contribution in [2.24, 2.45) is 40.2 Å². The number of hydrogen-bond acceptors (Lipinski definition) is 8. The summed E-state index contributed by atoms with van der Waals surface area (Å²) in [4.78, 5) is 67.8. The average Bonchev–Trinajstić information content (AvgIpc) is 3.84. The second-order valence-corrected chi connectivity index (χ2v) is 17.1. The molecule has 3 fully saturated rings. The van der Waals surface area contributed by atoms with Crippen LogP contribution in [0.3, 0.4) is 0 Å². The van der Waals surface area contributed by atoms with Gasteiger partial charge in [-0.3, -0.25) is 19.2 Å². The van der Waals surface area contributed by atoms with E-state index < -0.39 is 81.3 Å². The number of aliphatic hydroxyl groups is 1. The second-order valence-electron chi connectivity index (χ2n) is 15.5. The van der Waals surface area contributed by atoms with Gasteiger partial charge in [0.15, 0.2) is 6.10 Å². The van der Waals surface area contributed by atoms with Gasteiger partial charge in [-0.2, -0.15) is 0 Å². The minimum atomic E-state index is -4.20. The SMILES string of the molecule is CC(C)[C@H](NC(=O)N[C@H](C(=O)N1C[C@H]2[C@@H]([C@H]1C(=O)NC(CC1CC1)C(O)C(N)=O)C2(C)C)C(C)(C)C)C(=O)NS(=O)(=O)c1ccccc1. The number of hydrogen-bond donors (Lipinski definition) is 6. The normalized spacial score (nSPS) is 24.0.